The highest BCUT2D eigenvalue weighted by Crippen LogP contribution is 2.15. The molecule has 22 heavy (non-hydrogen) atoms. The molecule has 1 aliphatic rings. The molecule has 0 aromatic heterocycles. The minimum atomic E-state index is -3.52. The summed E-state index contributed by atoms with van der Waals surface area (Å²) in [6, 6.07) is 5.56. The van der Waals surface area contributed by atoms with Gasteiger partial charge >= 0.3 is 0 Å². The maximum atomic E-state index is 12.5. The van der Waals surface area contributed by atoms with E-state index < -0.39 is 10.0 Å². The van der Waals surface area contributed by atoms with Gasteiger partial charge in [-0.1, -0.05) is 0 Å². The predicted octanol–water partition coefficient (Wildman–Crippen LogP) is -0.0547. The van der Waals surface area contributed by atoms with Crippen LogP contribution in [0.15, 0.2) is 29.2 Å². The molecule has 1 unspecified atom stereocenters. The van der Waals surface area contributed by atoms with Crippen LogP contribution in [-0.2, 0) is 14.8 Å². The summed E-state index contributed by atoms with van der Waals surface area (Å²) in [6.45, 7) is 2.67. The molecule has 7 nitrogen and oxygen atoms in total. The van der Waals surface area contributed by atoms with Crippen molar-refractivity contribution in [2.75, 3.05) is 20.1 Å². The molecule has 2 rings (SSSR count). The molecule has 1 aromatic carbocycles. The van der Waals surface area contributed by atoms with Crippen molar-refractivity contribution in [3.63, 3.8) is 0 Å². The van der Waals surface area contributed by atoms with Crippen LogP contribution >= 0.6 is 0 Å². The van der Waals surface area contributed by atoms with Gasteiger partial charge in [-0.2, -0.15) is 0 Å². The second-order valence-electron chi connectivity index (χ2n) is 5.13. The highest BCUT2D eigenvalue weighted by molar-refractivity contribution is 7.89. The molecule has 1 atom stereocenters. The van der Waals surface area contributed by atoms with Gasteiger partial charge in [0.2, 0.25) is 15.9 Å². The number of rotatable bonds is 3. The van der Waals surface area contributed by atoms with E-state index in [1.807, 2.05) is 6.92 Å². The smallest absolute Gasteiger partial charge is 0.254 e. The van der Waals surface area contributed by atoms with Crippen LogP contribution in [0.3, 0.4) is 0 Å². The van der Waals surface area contributed by atoms with E-state index in [1.165, 1.54) is 31.3 Å². The van der Waals surface area contributed by atoms with Crippen molar-refractivity contribution in [1.82, 2.24) is 14.9 Å². The highest BCUT2D eigenvalue weighted by atomic mass is 32.2. The lowest BCUT2D eigenvalue weighted by Gasteiger charge is -2.26. The summed E-state index contributed by atoms with van der Waals surface area (Å²) in [5.74, 6) is -0.282. The largest absolute Gasteiger partial charge is 0.354 e. The average molecular weight is 325 g/mol. The first kappa shape index (κ1) is 16.4. The molecule has 8 heteroatoms. The number of nitrogens with zero attached hydrogens (tertiary/aromatic N) is 1. The van der Waals surface area contributed by atoms with Crippen molar-refractivity contribution in [3.8, 4) is 0 Å². The number of carbonyl (C=O) groups excluding carboxylic acids is 2. The number of sulfonamides is 1. The van der Waals surface area contributed by atoms with E-state index in [2.05, 4.69) is 10.0 Å². The Hall–Kier alpha value is -1.93. The van der Waals surface area contributed by atoms with Crippen molar-refractivity contribution in [2.24, 2.45) is 0 Å². The van der Waals surface area contributed by atoms with Crippen molar-refractivity contribution < 1.29 is 18.0 Å². The molecule has 2 N–H and O–H groups in total. The predicted molar refractivity (Wildman–Crippen MR) is 80.8 cm³/mol. The Bertz CT molecular complexity index is 670. The number of benzene rings is 1. The molecule has 0 radical (unpaired) electrons. The van der Waals surface area contributed by atoms with Gasteiger partial charge in [-0.3, -0.25) is 9.59 Å². The first-order valence-electron chi connectivity index (χ1n) is 6.96. The molecule has 1 aliphatic heterocycles. The summed E-state index contributed by atoms with van der Waals surface area (Å²) < 4.78 is 25.6. The van der Waals surface area contributed by atoms with Crippen molar-refractivity contribution in [1.29, 1.82) is 0 Å². The lowest BCUT2D eigenvalue weighted by atomic mass is 10.1. The van der Waals surface area contributed by atoms with Crippen LogP contribution in [0.2, 0.25) is 0 Å². The molecule has 120 valence electrons. The fourth-order valence-corrected chi connectivity index (χ4v) is 3.08. The maximum Gasteiger partial charge on any atom is 0.254 e. The van der Waals surface area contributed by atoms with Crippen LogP contribution in [0, 0.1) is 0 Å². The first-order chi connectivity index (χ1) is 10.3. The number of nitrogens with one attached hydrogen (secondary N) is 2. The molecule has 0 spiro atoms. The fraction of sp³-hybridized carbons (Fsp3) is 0.429. The van der Waals surface area contributed by atoms with E-state index >= 15 is 0 Å². The molecule has 1 heterocycles. The number of amides is 2. The zero-order valence-electron chi connectivity index (χ0n) is 12.5. The average Bonchev–Trinajstić information content (AvgIpc) is 2.67. The Labute approximate surface area is 129 Å². The zero-order chi connectivity index (χ0) is 16.3. The van der Waals surface area contributed by atoms with Crippen molar-refractivity contribution >= 4 is 21.8 Å². The lowest BCUT2D eigenvalue weighted by molar-refractivity contribution is -0.121. The lowest BCUT2D eigenvalue weighted by Crippen LogP contribution is -2.39. The standard InChI is InChI=1S/C14H19N3O4S/c1-10-9-13(18)16-7-8-17(10)14(19)11-3-5-12(6-4-11)22(20,21)15-2/h3-6,10,15H,7-9H2,1-2H3,(H,16,18). The van der Waals surface area contributed by atoms with Crippen LogP contribution in [0.4, 0.5) is 0 Å². The zero-order valence-corrected chi connectivity index (χ0v) is 13.3. The van der Waals surface area contributed by atoms with E-state index in [0.29, 0.717) is 18.7 Å². The van der Waals surface area contributed by atoms with Crippen LogP contribution < -0.4 is 10.0 Å². The van der Waals surface area contributed by atoms with Gasteiger partial charge < -0.3 is 10.2 Å². The molecular formula is C14H19N3O4S. The van der Waals surface area contributed by atoms with E-state index in [4.69, 9.17) is 0 Å². The minimum Gasteiger partial charge on any atom is -0.354 e. The van der Waals surface area contributed by atoms with Gasteiger partial charge in [0.15, 0.2) is 0 Å². The molecule has 1 saturated heterocycles. The number of carbonyl (C=O) groups is 2. The molecule has 0 saturated carbocycles. The molecule has 2 amide bonds. The molecular weight excluding hydrogens is 306 g/mol. The van der Waals surface area contributed by atoms with Crippen LogP contribution in [-0.4, -0.2) is 51.3 Å². The second kappa shape index (κ2) is 6.45. The Morgan fingerprint density at radius 3 is 2.55 bits per heavy atom. The van der Waals surface area contributed by atoms with E-state index in [0.717, 1.165) is 0 Å². The van der Waals surface area contributed by atoms with Gasteiger partial charge in [-0.15, -0.1) is 0 Å². The summed E-state index contributed by atoms with van der Waals surface area (Å²) >= 11 is 0. The third kappa shape index (κ3) is 3.45. The monoisotopic (exact) mass is 325 g/mol. The highest BCUT2D eigenvalue weighted by Gasteiger charge is 2.26. The fourth-order valence-electron chi connectivity index (χ4n) is 2.35. The van der Waals surface area contributed by atoms with Crippen LogP contribution in [0.5, 0.6) is 0 Å². The summed E-state index contributed by atoms with van der Waals surface area (Å²) in [5, 5.41) is 2.73. The normalized spacial score (nSPS) is 19.5. The van der Waals surface area contributed by atoms with Gasteiger partial charge in [-0.05, 0) is 38.2 Å². The minimum absolute atomic E-state index is 0.0711. The summed E-state index contributed by atoms with van der Waals surface area (Å²) in [7, 11) is -2.19. The van der Waals surface area contributed by atoms with Crippen molar-refractivity contribution in [2.45, 2.75) is 24.3 Å². The Kier molecular flexibility index (Phi) is 4.82. The SMILES string of the molecule is CNS(=O)(=O)c1ccc(C(=O)N2CCNC(=O)CC2C)cc1. The second-order valence-corrected chi connectivity index (χ2v) is 7.02. The van der Waals surface area contributed by atoms with E-state index in [-0.39, 0.29) is 29.2 Å². The maximum absolute atomic E-state index is 12.5. The number of hydrogen-bond donors (Lipinski definition) is 2. The quantitative estimate of drug-likeness (QED) is 0.814. The van der Waals surface area contributed by atoms with Gasteiger partial charge in [-0.25, -0.2) is 13.1 Å². The van der Waals surface area contributed by atoms with Gasteiger partial charge in [0.05, 0.1) is 4.90 Å². The van der Waals surface area contributed by atoms with E-state index in [9.17, 15) is 18.0 Å². The van der Waals surface area contributed by atoms with Crippen molar-refractivity contribution in [3.05, 3.63) is 29.8 Å². The third-order valence-corrected chi connectivity index (χ3v) is 5.06. The molecule has 1 aromatic rings. The van der Waals surface area contributed by atoms with Crippen LogP contribution in [0.1, 0.15) is 23.7 Å². The molecule has 0 bridgehead atoms. The van der Waals surface area contributed by atoms with Gasteiger partial charge in [0.25, 0.3) is 5.91 Å². The van der Waals surface area contributed by atoms with E-state index in [1.54, 1.807) is 4.90 Å². The third-order valence-electron chi connectivity index (χ3n) is 3.63. The summed E-state index contributed by atoms with van der Waals surface area (Å²) in [4.78, 5) is 25.7. The number of hydrogen-bond acceptors (Lipinski definition) is 4. The summed E-state index contributed by atoms with van der Waals surface area (Å²) in [5.41, 5.74) is 0.399. The summed E-state index contributed by atoms with van der Waals surface area (Å²) in [6.07, 6.45) is 0.262. The molecule has 1 fully saturated rings. The Morgan fingerprint density at radius 1 is 1.32 bits per heavy atom. The Balaban J connectivity index is 2.21. The van der Waals surface area contributed by atoms with Gasteiger partial charge in [0.1, 0.15) is 0 Å². The topological polar surface area (TPSA) is 95.6 Å². The van der Waals surface area contributed by atoms with Gasteiger partial charge in [0, 0.05) is 31.1 Å². The first-order valence-corrected chi connectivity index (χ1v) is 8.45. The Morgan fingerprint density at radius 2 is 1.95 bits per heavy atom. The molecule has 0 aliphatic carbocycles. The van der Waals surface area contributed by atoms with Crippen LogP contribution in [0.25, 0.3) is 0 Å².